The van der Waals surface area contributed by atoms with Crippen molar-refractivity contribution in [2.45, 2.75) is 13.3 Å². The Balaban J connectivity index is 1.95. The van der Waals surface area contributed by atoms with Crippen LogP contribution in [0.5, 0.6) is 11.5 Å². The van der Waals surface area contributed by atoms with Crippen LogP contribution in [0, 0.1) is 0 Å². The molecule has 1 heterocycles. The number of methoxy groups -OCH3 is 1. The molecule has 3 aromatic rings. The number of H-pyrrole nitrogens is 1. The molecule has 0 unspecified atom stereocenters. The molecular formula is C17H17BrN2O2. The van der Waals surface area contributed by atoms with E-state index >= 15 is 0 Å². The number of fused-ring (bicyclic) bond motifs is 1. The van der Waals surface area contributed by atoms with E-state index in [4.69, 9.17) is 9.47 Å². The third-order valence-corrected chi connectivity index (χ3v) is 3.98. The van der Waals surface area contributed by atoms with Gasteiger partial charge in [0.2, 0.25) is 0 Å². The van der Waals surface area contributed by atoms with E-state index in [0.29, 0.717) is 6.61 Å². The minimum atomic E-state index is 0.711. The van der Waals surface area contributed by atoms with Crippen LogP contribution >= 0.6 is 15.9 Å². The molecule has 1 aromatic heterocycles. The van der Waals surface area contributed by atoms with Crippen molar-refractivity contribution in [2.24, 2.45) is 0 Å². The van der Waals surface area contributed by atoms with Gasteiger partial charge in [-0.15, -0.1) is 0 Å². The average molecular weight is 361 g/mol. The largest absolute Gasteiger partial charge is 0.497 e. The minimum Gasteiger partial charge on any atom is -0.497 e. The van der Waals surface area contributed by atoms with Gasteiger partial charge in [-0.25, -0.2) is 4.98 Å². The van der Waals surface area contributed by atoms with Crippen LogP contribution in [0.1, 0.15) is 13.3 Å². The number of rotatable bonds is 5. The number of nitrogens with zero attached hydrogens (tertiary/aromatic N) is 1. The molecule has 0 amide bonds. The molecule has 0 bridgehead atoms. The molecule has 5 heteroatoms. The first kappa shape index (κ1) is 14.9. The van der Waals surface area contributed by atoms with E-state index < -0.39 is 0 Å². The van der Waals surface area contributed by atoms with Crippen molar-refractivity contribution < 1.29 is 9.47 Å². The van der Waals surface area contributed by atoms with Gasteiger partial charge in [0, 0.05) is 11.6 Å². The third-order valence-electron chi connectivity index (χ3n) is 3.36. The first-order chi connectivity index (χ1) is 10.7. The number of halogens is 1. The monoisotopic (exact) mass is 360 g/mol. The van der Waals surface area contributed by atoms with Crippen molar-refractivity contribution >= 4 is 27.0 Å². The van der Waals surface area contributed by atoms with E-state index in [-0.39, 0.29) is 0 Å². The Hall–Kier alpha value is -2.01. The van der Waals surface area contributed by atoms with Gasteiger partial charge in [-0.3, -0.25) is 0 Å². The van der Waals surface area contributed by atoms with Crippen molar-refractivity contribution in [3.63, 3.8) is 0 Å². The maximum atomic E-state index is 5.67. The van der Waals surface area contributed by atoms with E-state index in [1.54, 1.807) is 7.11 Å². The van der Waals surface area contributed by atoms with Crippen LogP contribution in [-0.2, 0) is 0 Å². The van der Waals surface area contributed by atoms with Gasteiger partial charge in [0.25, 0.3) is 0 Å². The number of aromatic nitrogens is 2. The molecule has 0 radical (unpaired) electrons. The van der Waals surface area contributed by atoms with Gasteiger partial charge in [-0.1, -0.05) is 6.92 Å². The molecular weight excluding hydrogens is 344 g/mol. The molecule has 22 heavy (non-hydrogen) atoms. The van der Waals surface area contributed by atoms with Crippen molar-refractivity contribution in [1.29, 1.82) is 0 Å². The lowest BCUT2D eigenvalue weighted by Crippen LogP contribution is -1.95. The topological polar surface area (TPSA) is 47.1 Å². The molecule has 4 nitrogen and oxygen atoms in total. The van der Waals surface area contributed by atoms with Gasteiger partial charge < -0.3 is 14.5 Å². The van der Waals surface area contributed by atoms with Gasteiger partial charge in [0.15, 0.2) is 0 Å². The fourth-order valence-electron chi connectivity index (χ4n) is 2.23. The van der Waals surface area contributed by atoms with Gasteiger partial charge in [0.05, 0.1) is 29.2 Å². The van der Waals surface area contributed by atoms with Crippen LogP contribution in [0.25, 0.3) is 22.4 Å². The standard InChI is InChI=1S/C17H17BrN2O2/c1-3-8-22-16-7-4-11(9-13(16)18)17-19-14-6-5-12(21-2)10-15(14)20-17/h4-7,9-10H,3,8H2,1-2H3,(H,19,20). The maximum Gasteiger partial charge on any atom is 0.138 e. The highest BCUT2D eigenvalue weighted by molar-refractivity contribution is 9.10. The van der Waals surface area contributed by atoms with Crippen LogP contribution < -0.4 is 9.47 Å². The minimum absolute atomic E-state index is 0.711. The van der Waals surface area contributed by atoms with Crippen LogP contribution in [-0.4, -0.2) is 23.7 Å². The number of benzene rings is 2. The zero-order chi connectivity index (χ0) is 15.5. The first-order valence-corrected chi connectivity index (χ1v) is 7.97. The summed E-state index contributed by atoms with van der Waals surface area (Å²) in [6, 6.07) is 11.8. The first-order valence-electron chi connectivity index (χ1n) is 7.17. The summed E-state index contributed by atoms with van der Waals surface area (Å²) in [7, 11) is 1.66. The van der Waals surface area contributed by atoms with Crippen LogP contribution in [0.2, 0.25) is 0 Å². The Morgan fingerprint density at radius 3 is 2.77 bits per heavy atom. The lowest BCUT2D eigenvalue weighted by molar-refractivity contribution is 0.315. The van der Waals surface area contributed by atoms with E-state index in [9.17, 15) is 0 Å². The average Bonchev–Trinajstić information content (AvgIpc) is 2.96. The Morgan fingerprint density at radius 2 is 2.05 bits per heavy atom. The summed E-state index contributed by atoms with van der Waals surface area (Å²) in [5, 5.41) is 0. The molecule has 0 aliphatic heterocycles. The van der Waals surface area contributed by atoms with E-state index in [2.05, 4.69) is 32.8 Å². The SMILES string of the molecule is CCCOc1ccc(-c2nc3ccc(OC)cc3[nH]2)cc1Br. The second kappa shape index (κ2) is 6.40. The Bertz CT molecular complexity index is 798. The summed E-state index contributed by atoms with van der Waals surface area (Å²) in [5.74, 6) is 2.49. The van der Waals surface area contributed by atoms with E-state index in [1.807, 2.05) is 36.4 Å². The van der Waals surface area contributed by atoms with Crippen LogP contribution in [0.4, 0.5) is 0 Å². The highest BCUT2D eigenvalue weighted by atomic mass is 79.9. The van der Waals surface area contributed by atoms with Crippen LogP contribution in [0.15, 0.2) is 40.9 Å². The second-order valence-electron chi connectivity index (χ2n) is 4.96. The number of hydrogen-bond acceptors (Lipinski definition) is 3. The zero-order valence-electron chi connectivity index (χ0n) is 12.5. The molecule has 0 spiro atoms. The summed E-state index contributed by atoms with van der Waals surface area (Å²) in [6.07, 6.45) is 0.986. The van der Waals surface area contributed by atoms with Gasteiger partial charge in [0.1, 0.15) is 17.3 Å². The summed E-state index contributed by atoms with van der Waals surface area (Å²) in [6.45, 7) is 2.80. The molecule has 0 aliphatic rings. The quantitative estimate of drug-likeness (QED) is 0.711. The predicted octanol–water partition coefficient (Wildman–Crippen LogP) is 4.79. The number of nitrogens with one attached hydrogen (secondary N) is 1. The predicted molar refractivity (Wildman–Crippen MR) is 91.6 cm³/mol. The van der Waals surface area contributed by atoms with Crippen molar-refractivity contribution in [3.05, 3.63) is 40.9 Å². The number of ether oxygens (including phenoxy) is 2. The lowest BCUT2D eigenvalue weighted by atomic mass is 10.2. The fraction of sp³-hybridized carbons (Fsp3) is 0.235. The summed E-state index contributed by atoms with van der Waals surface area (Å²) >= 11 is 3.55. The highest BCUT2D eigenvalue weighted by Gasteiger charge is 2.09. The lowest BCUT2D eigenvalue weighted by Gasteiger charge is -2.07. The number of aromatic amines is 1. The highest BCUT2D eigenvalue weighted by Crippen LogP contribution is 2.31. The summed E-state index contributed by atoms with van der Waals surface area (Å²) in [4.78, 5) is 7.94. The third kappa shape index (κ3) is 2.95. The summed E-state index contributed by atoms with van der Waals surface area (Å²) in [5.41, 5.74) is 2.88. The summed E-state index contributed by atoms with van der Waals surface area (Å²) < 4.78 is 11.8. The number of imidazole rings is 1. The molecule has 0 saturated heterocycles. The van der Waals surface area contributed by atoms with Gasteiger partial charge in [-0.05, 0) is 52.7 Å². The molecule has 1 N–H and O–H groups in total. The zero-order valence-corrected chi connectivity index (χ0v) is 14.1. The van der Waals surface area contributed by atoms with Gasteiger partial charge >= 0.3 is 0 Å². The number of hydrogen-bond donors (Lipinski definition) is 1. The molecule has 3 rings (SSSR count). The fourth-order valence-corrected chi connectivity index (χ4v) is 2.72. The maximum absolute atomic E-state index is 5.67. The smallest absolute Gasteiger partial charge is 0.138 e. The normalized spacial score (nSPS) is 10.9. The molecule has 0 atom stereocenters. The van der Waals surface area contributed by atoms with Crippen LogP contribution in [0.3, 0.4) is 0 Å². The molecule has 2 aromatic carbocycles. The molecule has 0 aliphatic carbocycles. The Morgan fingerprint density at radius 1 is 1.18 bits per heavy atom. The van der Waals surface area contributed by atoms with Gasteiger partial charge in [-0.2, -0.15) is 0 Å². The van der Waals surface area contributed by atoms with Crippen molar-refractivity contribution in [1.82, 2.24) is 9.97 Å². The second-order valence-corrected chi connectivity index (χ2v) is 5.82. The van der Waals surface area contributed by atoms with Crippen molar-refractivity contribution in [2.75, 3.05) is 13.7 Å². The van der Waals surface area contributed by atoms with E-state index in [1.165, 1.54) is 0 Å². The molecule has 0 fully saturated rings. The molecule has 114 valence electrons. The Labute approximate surface area is 137 Å². The Kier molecular flexibility index (Phi) is 4.34. The molecule has 0 saturated carbocycles. The van der Waals surface area contributed by atoms with E-state index in [0.717, 1.165) is 44.8 Å². The van der Waals surface area contributed by atoms with Crippen molar-refractivity contribution in [3.8, 4) is 22.9 Å².